The van der Waals surface area contributed by atoms with Crippen LogP contribution in [0.3, 0.4) is 0 Å². The van der Waals surface area contributed by atoms with Crippen LogP contribution in [0.15, 0.2) is 36.5 Å². The molecule has 1 aromatic carbocycles. The Kier molecular flexibility index (Phi) is 5.39. The molecule has 2 aromatic rings. The number of anilines is 1. The fraction of sp³-hybridized carbons (Fsp3) is 0.412. The first kappa shape index (κ1) is 18.8. The summed E-state index contributed by atoms with van der Waals surface area (Å²) < 4.78 is 38.5. The quantitative estimate of drug-likeness (QED) is 0.871. The van der Waals surface area contributed by atoms with Crippen molar-refractivity contribution in [1.82, 2.24) is 15.1 Å². The Labute approximate surface area is 144 Å². The van der Waals surface area contributed by atoms with E-state index in [2.05, 4.69) is 36.5 Å². The molecular formula is C17H21F3N4O. The van der Waals surface area contributed by atoms with Crippen molar-refractivity contribution in [1.29, 1.82) is 0 Å². The Morgan fingerprint density at radius 3 is 2.28 bits per heavy atom. The van der Waals surface area contributed by atoms with E-state index in [1.54, 1.807) is 0 Å². The number of amides is 2. The van der Waals surface area contributed by atoms with E-state index in [1.807, 2.05) is 24.3 Å². The van der Waals surface area contributed by atoms with Gasteiger partial charge in [-0.25, -0.2) is 4.79 Å². The molecule has 0 aliphatic heterocycles. The minimum Gasteiger partial charge on any atom is -0.336 e. The zero-order valence-electron chi connectivity index (χ0n) is 14.3. The van der Waals surface area contributed by atoms with Gasteiger partial charge in [0.2, 0.25) is 0 Å². The number of nitrogens with zero attached hydrogens (tertiary/aromatic N) is 2. The van der Waals surface area contributed by atoms with Crippen LogP contribution in [-0.4, -0.2) is 22.4 Å². The van der Waals surface area contributed by atoms with Crippen LogP contribution in [-0.2, 0) is 18.1 Å². The van der Waals surface area contributed by atoms with Crippen molar-refractivity contribution in [3.8, 4) is 0 Å². The molecule has 0 unspecified atom stereocenters. The first-order valence-corrected chi connectivity index (χ1v) is 7.82. The van der Waals surface area contributed by atoms with Crippen LogP contribution in [0.4, 0.5) is 23.7 Å². The van der Waals surface area contributed by atoms with Crippen LogP contribution >= 0.6 is 0 Å². The summed E-state index contributed by atoms with van der Waals surface area (Å²) in [5, 5.41) is 8.67. The fourth-order valence-electron chi connectivity index (χ4n) is 2.15. The zero-order chi connectivity index (χ0) is 18.7. The van der Waals surface area contributed by atoms with E-state index in [1.165, 1.54) is 6.20 Å². The van der Waals surface area contributed by atoms with Gasteiger partial charge in [-0.15, -0.1) is 0 Å². The minimum atomic E-state index is -4.46. The highest BCUT2D eigenvalue weighted by Crippen LogP contribution is 2.27. The number of hydrogen-bond acceptors (Lipinski definition) is 2. The topological polar surface area (TPSA) is 59.0 Å². The second kappa shape index (κ2) is 7.16. The van der Waals surface area contributed by atoms with Gasteiger partial charge in [-0.3, -0.25) is 4.68 Å². The number of alkyl halides is 3. The van der Waals surface area contributed by atoms with Crippen molar-refractivity contribution in [3.63, 3.8) is 0 Å². The maximum absolute atomic E-state index is 12.4. The molecule has 0 aliphatic rings. The summed E-state index contributed by atoms with van der Waals surface area (Å²) in [6, 6.07) is 7.98. The van der Waals surface area contributed by atoms with Crippen LogP contribution in [0.5, 0.6) is 0 Å². The Hall–Kier alpha value is -2.51. The van der Waals surface area contributed by atoms with Gasteiger partial charge in [0.25, 0.3) is 0 Å². The number of nitrogens with one attached hydrogen (secondary N) is 2. The Morgan fingerprint density at radius 2 is 1.76 bits per heavy atom. The van der Waals surface area contributed by atoms with Crippen molar-refractivity contribution < 1.29 is 18.0 Å². The van der Waals surface area contributed by atoms with Gasteiger partial charge in [0.05, 0.1) is 6.54 Å². The molecule has 2 N–H and O–H groups in total. The molecule has 0 spiro atoms. The molecule has 136 valence electrons. The number of benzene rings is 1. The largest absolute Gasteiger partial charge is 0.435 e. The minimum absolute atomic E-state index is 0.0276. The molecule has 0 fully saturated rings. The van der Waals surface area contributed by atoms with Crippen LogP contribution in [0.2, 0.25) is 0 Å². The number of carbonyl (C=O) groups excluding carboxylic acids is 1. The van der Waals surface area contributed by atoms with Gasteiger partial charge < -0.3 is 10.6 Å². The van der Waals surface area contributed by atoms with Crippen molar-refractivity contribution in [3.05, 3.63) is 47.8 Å². The summed E-state index contributed by atoms with van der Waals surface area (Å²) in [5.74, 6) is 0. The fourth-order valence-corrected chi connectivity index (χ4v) is 2.15. The summed E-state index contributed by atoms with van der Waals surface area (Å²) in [7, 11) is 0. The van der Waals surface area contributed by atoms with Crippen molar-refractivity contribution >= 4 is 11.7 Å². The third kappa shape index (κ3) is 5.51. The molecule has 0 bridgehead atoms. The van der Waals surface area contributed by atoms with Gasteiger partial charge in [0.15, 0.2) is 5.69 Å². The van der Waals surface area contributed by atoms with Crippen LogP contribution in [0.1, 0.15) is 32.0 Å². The third-order valence-corrected chi connectivity index (χ3v) is 3.57. The van der Waals surface area contributed by atoms with Gasteiger partial charge in [0, 0.05) is 18.4 Å². The van der Waals surface area contributed by atoms with E-state index in [0.29, 0.717) is 5.69 Å². The highest BCUT2D eigenvalue weighted by molar-refractivity contribution is 5.89. The average Bonchev–Trinajstić information content (AvgIpc) is 2.96. The van der Waals surface area contributed by atoms with E-state index >= 15 is 0 Å². The molecule has 1 heterocycles. The number of rotatable bonds is 4. The number of carbonyl (C=O) groups is 1. The summed E-state index contributed by atoms with van der Waals surface area (Å²) in [6.07, 6.45) is -3.23. The second-order valence-electron chi connectivity index (χ2n) is 6.67. The average molecular weight is 354 g/mol. The van der Waals surface area contributed by atoms with Crippen molar-refractivity contribution in [2.45, 2.75) is 38.9 Å². The van der Waals surface area contributed by atoms with Gasteiger partial charge in [-0.1, -0.05) is 32.9 Å². The second-order valence-corrected chi connectivity index (χ2v) is 6.67. The molecular weight excluding hydrogens is 333 g/mol. The highest BCUT2D eigenvalue weighted by Gasteiger charge is 2.33. The number of aromatic nitrogens is 2. The standard InChI is InChI=1S/C17H21F3N4O/c1-16(2,3)12-4-6-13(7-5-12)22-15(25)21-9-11-24-10-8-14(23-24)17(18,19)20/h4-8,10H,9,11H2,1-3H3,(H2,21,22,25). The number of halogens is 3. The maximum atomic E-state index is 12.4. The van der Waals surface area contributed by atoms with Gasteiger partial charge in [0.1, 0.15) is 0 Å². The smallest absolute Gasteiger partial charge is 0.336 e. The molecule has 0 atom stereocenters. The lowest BCUT2D eigenvalue weighted by atomic mass is 9.87. The molecule has 0 radical (unpaired) electrons. The van der Waals surface area contributed by atoms with Crippen LogP contribution < -0.4 is 10.6 Å². The molecule has 0 saturated heterocycles. The van der Waals surface area contributed by atoms with Crippen LogP contribution in [0, 0.1) is 0 Å². The Balaban J connectivity index is 1.80. The molecule has 5 nitrogen and oxygen atoms in total. The third-order valence-electron chi connectivity index (χ3n) is 3.57. The van der Waals surface area contributed by atoms with Gasteiger partial charge >= 0.3 is 12.2 Å². The lowest BCUT2D eigenvalue weighted by Gasteiger charge is -2.19. The monoisotopic (exact) mass is 354 g/mol. The van der Waals surface area contributed by atoms with E-state index in [-0.39, 0.29) is 18.5 Å². The number of hydrogen-bond donors (Lipinski definition) is 2. The van der Waals surface area contributed by atoms with E-state index in [4.69, 9.17) is 0 Å². The van der Waals surface area contributed by atoms with Gasteiger partial charge in [-0.05, 0) is 29.2 Å². The van der Waals surface area contributed by atoms with E-state index in [9.17, 15) is 18.0 Å². The maximum Gasteiger partial charge on any atom is 0.435 e. The van der Waals surface area contributed by atoms with E-state index in [0.717, 1.165) is 16.3 Å². The first-order chi connectivity index (χ1) is 11.6. The lowest BCUT2D eigenvalue weighted by molar-refractivity contribution is -0.141. The summed E-state index contributed by atoms with van der Waals surface area (Å²) in [5.41, 5.74) is 0.872. The lowest BCUT2D eigenvalue weighted by Crippen LogP contribution is -2.31. The molecule has 25 heavy (non-hydrogen) atoms. The normalized spacial score (nSPS) is 12.1. The van der Waals surface area contributed by atoms with Gasteiger partial charge in [-0.2, -0.15) is 18.3 Å². The molecule has 1 aromatic heterocycles. The van der Waals surface area contributed by atoms with Crippen molar-refractivity contribution in [2.24, 2.45) is 0 Å². The molecule has 2 rings (SSSR count). The Morgan fingerprint density at radius 1 is 1.12 bits per heavy atom. The van der Waals surface area contributed by atoms with Crippen LogP contribution in [0.25, 0.3) is 0 Å². The number of urea groups is 1. The van der Waals surface area contributed by atoms with E-state index < -0.39 is 17.9 Å². The summed E-state index contributed by atoms with van der Waals surface area (Å²) in [4.78, 5) is 11.8. The Bertz CT molecular complexity index is 715. The van der Waals surface area contributed by atoms with Crippen molar-refractivity contribution in [2.75, 3.05) is 11.9 Å². The summed E-state index contributed by atoms with van der Waals surface area (Å²) >= 11 is 0. The molecule has 2 amide bonds. The predicted molar refractivity (Wildman–Crippen MR) is 89.4 cm³/mol. The zero-order valence-corrected chi connectivity index (χ0v) is 14.3. The SMILES string of the molecule is CC(C)(C)c1ccc(NC(=O)NCCn2ccc(C(F)(F)F)n2)cc1. The predicted octanol–water partition coefficient (Wildman–Crippen LogP) is 4.02. The highest BCUT2D eigenvalue weighted by atomic mass is 19.4. The molecule has 0 aliphatic carbocycles. The first-order valence-electron chi connectivity index (χ1n) is 7.82. The molecule has 0 saturated carbocycles. The summed E-state index contributed by atoms with van der Waals surface area (Å²) in [6.45, 7) is 6.60. The molecule has 8 heteroatoms.